The van der Waals surface area contributed by atoms with Crippen molar-refractivity contribution in [2.45, 2.75) is 0 Å². The van der Waals surface area contributed by atoms with E-state index in [0.29, 0.717) is 11.4 Å². The number of anilines is 1. The minimum absolute atomic E-state index is 0.133. The number of hydrogen-bond donors (Lipinski definition) is 1. The van der Waals surface area contributed by atoms with Gasteiger partial charge >= 0.3 is 5.91 Å². The number of Topliss-reactive ketones (excluding diaryl/α,β-unsaturated/α-hetero) is 2. The van der Waals surface area contributed by atoms with E-state index in [2.05, 4.69) is 5.43 Å². The predicted octanol–water partition coefficient (Wildman–Crippen LogP) is 1.61. The van der Waals surface area contributed by atoms with Gasteiger partial charge in [-0.15, -0.1) is 0 Å². The molecule has 2 aromatic rings. The molecule has 0 fully saturated rings. The van der Waals surface area contributed by atoms with Gasteiger partial charge in [-0.05, 0) is 36.4 Å². The van der Waals surface area contributed by atoms with E-state index >= 15 is 0 Å². The molecule has 0 aliphatic heterocycles. The zero-order valence-electron chi connectivity index (χ0n) is 12.8. The van der Waals surface area contributed by atoms with Gasteiger partial charge in [0.2, 0.25) is 5.78 Å². The molecule has 0 aliphatic rings. The Hall–Kier alpha value is -3.15. The van der Waals surface area contributed by atoms with Crippen LogP contribution in [0.3, 0.4) is 0 Å². The van der Waals surface area contributed by atoms with Crippen LogP contribution >= 0.6 is 0 Å². The lowest BCUT2D eigenvalue weighted by Gasteiger charge is -2.19. The maximum Gasteiger partial charge on any atom is 0.314 e. The van der Waals surface area contributed by atoms with Gasteiger partial charge in [-0.2, -0.15) is 0 Å². The molecule has 6 nitrogen and oxygen atoms in total. The number of nitrogens with zero attached hydrogens (tertiary/aromatic N) is 1. The van der Waals surface area contributed by atoms with Gasteiger partial charge in [-0.3, -0.25) is 24.8 Å². The van der Waals surface area contributed by atoms with Crippen molar-refractivity contribution in [1.82, 2.24) is 5.43 Å². The van der Waals surface area contributed by atoms with Crippen molar-refractivity contribution < 1.29 is 19.1 Å². The van der Waals surface area contributed by atoms with Crippen molar-refractivity contribution in [2.75, 3.05) is 19.2 Å². The standard InChI is InChI=1S/C17H16N2O4/c1-19(13-6-4-3-5-7-13)18-17(22)16(21)15(20)12-8-10-14(23-2)11-9-12/h3-11H,1-2H3,(H,18,22). The molecule has 0 unspecified atom stereocenters. The summed E-state index contributed by atoms with van der Waals surface area (Å²) in [6, 6.07) is 14.9. The summed E-state index contributed by atoms with van der Waals surface area (Å²) in [5.74, 6) is -2.43. The van der Waals surface area contributed by atoms with Gasteiger partial charge in [0, 0.05) is 12.6 Å². The fraction of sp³-hybridized carbons (Fsp3) is 0.118. The molecule has 23 heavy (non-hydrogen) atoms. The smallest absolute Gasteiger partial charge is 0.314 e. The summed E-state index contributed by atoms with van der Waals surface area (Å²) >= 11 is 0. The van der Waals surface area contributed by atoms with Crippen LogP contribution in [0.2, 0.25) is 0 Å². The first-order valence-electron chi connectivity index (χ1n) is 6.85. The first-order valence-corrected chi connectivity index (χ1v) is 6.85. The highest BCUT2D eigenvalue weighted by Crippen LogP contribution is 2.12. The molecule has 0 heterocycles. The Morgan fingerprint density at radius 1 is 0.957 bits per heavy atom. The summed E-state index contributed by atoms with van der Waals surface area (Å²) in [6.07, 6.45) is 0. The highest BCUT2D eigenvalue weighted by Gasteiger charge is 2.25. The molecule has 1 amide bonds. The Bertz CT molecular complexity index is 711. The van der Waals surface area contributed by atoms with Crippen LogP contribution in [0, 0.1) is 0 Å². The second-order valence-electron chi connectivity index (χ2n) is 4.72. The summed E-state index contributed by atoms with van der Waals surface area (Å²) in [7, 11) is 3.08. The molecule has 118 valence electrons. The first kappa shape index (κ1) is 16.2. The molecule has 1 N–H and O–H groups in total. The average molecular weight is 312 g/mol. The fourth-order valence-electron chi connectivity index (χ4n) is 1.90. The molecule has 0 bridgehead atoms. The molecule has 0 spiro atoms. The van der Waals surface area contributed by atoms with Crippen LogP contribution < -0.4 is 15.2 Å². The highest BCUT2D eigenvalue weighted by molar-refractivity contribution is 6.66. The van der Waals surface area contributed by atoms with E-state index in [1.807, 2.05) is 6.07 Å². The van der Waals surface area contributed by atoms with Gasteiger partial charge in [-0.1, -0.05) is 18.2 Å². The number of hydrazine groups is 1. The Morgan fingerprint density at radius 2 is 1.57 bits per heavy atom. The van der Waals surface area contributed by atoms with Gasteiger partial charge in [0.25, 0.3) is 5.78 Å². The van der Waals surface area contributed by atoms with Crippen LogP contribution in [-0.2, 0) is 9.59 Å². The molecule has 2 rings (SSSR count). The molecule has 2 aromatic carbocycles. The third-order valence-corrected chi connectivity index (χ3v) is 3.18. The minimum atomic E-state index is -1.13. The van der Waals surface area contributed by atoms with E-state index in [0.717, 1.165) is 0 Å². The molecule has 0 atom stereocenters. The van der Waals surface area contributed by atoms with Crippen molar-refractivity contribution >= 4 is 23.2 Å². The van der Waals surface area contributed by atoms with Crippen LogP contribution in [0.25, 0.3) is 0 Å². The Labute approximate surface area is 133 Å². The number of ether oxygens (including phenoxy) is 1. The Kier molecular flexibility index (Phi) is 5.09. The van der Waals surface area contributed by atoms with Crippen LogP contribution in [0.15, 0.2) is 54.6 Å². The van der Waals surface area contributed by atoms with Crippen molar-refractivity contribution in [3.8, 4) is 5.75 Å². The lowest BCUT2D eigenvalue weighted by molar-refractivity contribution is -0.135. The number of para-hydroxylation sites is 1. The number of nitrogens with one attached hydrogen (secondary N) is 1. The summed E-state index contributed by atoms with van der Waals surface area (Å²) in [5, 5.41) is 1.38. The lowest BCUT2D eigenvalue weighted by atomic mass is 10.1. The predicted molar refractivity (Wildman–Crippen MR) is 85.3 cm³/mol. The van der Waals surface area contributed by atoms with Crippen LogP contribution in [0.1, 0.15) is 10.4 Å². The van der Waals surface area contributed by atoms with Gasteiger partial charge in [0.15, 0.2) is 0 Å². The Balaban J connectivity index is 2.03. The van der Waals surface area contributed by atoms with Gasteiger partial charge in [0.05, 0.1) is 12.8 Å². The van der Waals surface area contributed by atoms with E-state index in [-0.39, 0.29) is 5.56 Å². The lowest BCUT2D eigenvalue weighted by Crippen LogP contribution is -2.45. The largest absolute Gasteiger partial charge is 0.497 e. The third kappa shape index (κ3) is 3.94. The van der Waals surface area contributed by atoms with E-state index in [1.165, 1.54) is 24.3 Å². The number of methoxy groups -OCH3 is 1. The van der Waals surface area contributed by atoms with Gasteiger partial charge in [-0.25, -0.2) is 0 Å². The van der Waals surface area contributed by atoms with E-state index in [9.17, 15) is 14.4 Å². The van der Waals surface area contributed by atoms with E-state index in [4.69, 9.17) is 4.74 Å². The summed E-state index contributed by atoms with van der Waals surface area (Å²) in [4.78, 5) is 35.9. The van der Waals surface area contributed by atoms with Crippen molar-refractivity contribution in [1.29, 1.82) is 0 Å². The number of ketones is 2. The number of hydrogen-bond acceptors (Lipinski definition) is 5. The summed E-state index contributed by atoms with van der Waals surface area (Å²) < 4.78 is 4.98. The normalized spacial score (nSPS) is 9.83. The zero-order chi connectivity index (χ0) is 16.8. The van der Waals surface area contributed by atoms with Crippen molar-refractivity contribution in [2.24, 2.45) is 0 Å². The van der Waals surface area contributed by atoms with Gasteiger partial charge in [0.1, 0.15) is 5.75 Å². The quantitative estimate of drug-likeness (QED) is 0.380. The number of carbonyl (C=O) groups is 3. The van der Waals surface area contributed by atoms with E-state index < -0.39 is 17.5 Å². The second-order valence-corrected chi connectivity index (χ2v) is 4.72. The fourth-order valence-corrected chi connectivity index (χ4v) is 1.90. The maximum atomic E-state index is 12.0. The topological polar surface area (TPSA) is 75.7 Å². The SMILES string of the molecule is COc1ccc(C(=O)C(=O)C(=O)NN(C)c2ccccc2)cc1. The third-order valence-electron chi connectivity index (χ3n) is 3.18. The molecule has 0 aromatic heterocycles. The van der Waals surface area contributed by atoms with Crippen LogP contribution in [-0.4, -0.2) is 31.6 Å². The molecule has 0 saturated heterocycles. The van der Waals surface area contributed by atoms with Crippen LogP contribution in [0.5, 0.6) is 5.75 Å². The molecule has 0 aliphatic carbocycles. The van der Waals surface area contributed by atoms with Crippen molar-refractivity contribution in [3.05, 3.63) is 60.2 Å². The number of carbonyl (C=O) groups excluding carboxylic acids is 3. The molecular formula is C17H16N2O4. The van der Waals surface area contributed by atoms with Crippen LogP contribution in [0.4, 0.5) is 5.69 Å². The molecule has 0 radical (unpaired) electrons. The first-order chi connectivity index (χ1) is 11.0. The van der Waals surface area contributed by atoms with Gasteiger partial charge < -0.3 is 4.74 Å². The average Bonchev–Trinajstić information content (AvgIpc) is 2.61. The summed E-state index contributed by atoms with van der Waals surface area (Å²) in [6.45, 7) is 0. The minimum Gasteiger partial charge on any atom is -0.497 e. The number of amides is 1. The molecular weight excluding hydrogens is 296 g/mol. The van der Waals surface area contributed by atoms with E-state index in [1.54, 1.807) is 43.4 Å². The second kappa shape index (κ2) is 7.22. The highest BCUT2D eigenvalue weighted by atomic mass is 16.5. The van der Waals surface area contributed by atoms with Crippen molar-refractivity contribution in [3.63, 3.8) is 0 Å². The monoisotopic (exact) mass is 312 g/mol. The molecule has 6 heteroatoms. The Morgan fingerprint density at radius 3 is 2.13 bits per heavy atom. The summed E-state index contributed by atoms with van der Waals surface area (Å²) in [5.41, 5.74) is 3.19. The number of benzene rings is 2. The maximum absolute atomic E-state index is 12.0. The molecule has 0 saturated carbocycles. The zero-order valence-corrected chi connectivity index (χ0v) is 12.8. The number of rotatable bonds is 6.